The molecule has 0 amide bonds. The van der Waals surface area contributed by atoms with Gasteiger partial charge in [-0.1, -0.05) is 111 Å². The zero-order valence-corrected chi connectivity index (χ0v) is 15.7. The smallest absolute Gasteiger partial charge is 0.0683 e. The topological polar surface area (TPSA) is 0 Å². The van der Waals surface area contributed by atoms with E-state index in [1.54, 1.807) is 0 Å². The van der Waals surface area contributed by atoms with Crippen molar-refractivity contribution < 1.29 is 0 Å². The van der Waals surface area contributed by atoms with Gasteiger partial charge >= 0.3 is 0 Å². The molecule has 2 aliphatic carbocycles. The number of rotatable bonds is 0. The summed E-state index contributed by atoms with van der Waals surface area (Å²) in [4.78, 5) is 0. The van der Waals surface area contributed by atoms with Crippen molar-refractivity contribution in [3.8, 4) is 22.3 Å². The average molecular weight is 346 g/mol. The van der Waals surface area contributed by atoms with Gasteiger partial charge in [-0.25, -0.2) is 0 Å². The Kier molecular flexibility index (Phi) is 3.55. The summed E-state index contributed by atoms with van der Waals surface area (Å²) in [6, 6.07) is 35.7. The first-order valence-corrected chi connectivity index (χ1v) is 9.81. The van der Waals surface area contributed by atoms with Crippen molar-refractivity contribution in [2.45, 2.75) is 19.3 Å². The van der Waals surface area contributed by atoms with E-state index < -0.39 is 0 Å². The van der Waals surface area contributed by atoms with Gasteiger partial charge in [-0.05, 0) is 44.5 Å². The summed E-state index contributed by atoms with van der Waals surface area (Å²) < 4.78 is 0. The third-order valence-electron chi connectivity index (χ3n) is 5.90. The van der Waals surface area contributed by atoms with Gasteiger partial charge in [0.2, 0.25) is 0 Å². The van der Waals surface area contributed by atoms with Crippen LogP contribution in [0.3, 0.4) is 0 Å². The fraction of sp³-hybridized carbons (Fsp3) is 0.111. The minimum absolute atomic E-state index is 0.180. The van der Waals surface area contributed by atoms with Crippen LogP contribution >= 0.6 is 0 Å². The van der Waals surface area contributed by atoms with Gasteiger partial charge in [0.05, 0.1) is 5.41 Å². The molecule has 4 aromatic rings. The number of benzene rings is 4. The van der Waals surface area contributed by atoms with Gasteiger partial charge in [0.15, 0.2) is 0 Å². The molecule has 2 aliphatic rings. The van der Waals surface area contributed by atoms with E-state index in [1.165, 1.54) is 44.5 Å². The minimum Gasteiger partial charge on any atom is -0.0683 e. The lowest BCUT2D eigenvalue weighted by Crippen LogP contribution is -2.25. The summed E-state index contributed by atoms with van der Waals surface area (Å²) in [5.74, 6) is 0. The molecule has 0 saturated carbocycles. The highest BCUT2D eigenvalue weighted by molar-refractivity contribution is 5.94. The number of hydrogen-bond acceptors (Lipinski definition) is 0. The Labute approximate surface area is 161 Å². The Hall–Kier alpha value is -3.12. The van der Waals surface area contributed by atoms with Gasteiger partial charge in [0.1, 0.15) is 0 Å². The molecule has 27 heavy (non-hydrogen) atoms. The molecule has 0 fully saturated rings. The minimum atomic E-state index is -0.180. The van der Waals surface area contributed by atoms with E-state index in [2.05, 4.69) is 97.1 Å². The van der Waals surface area contributed by atoms with Crippen molar-refractivity contribution in [3.63, 3.8) is 0 Å². The molecule has 0 radical (unpaired) electrons. The van der Waals surface area contributed by atoms with Crippen LogP contribution in [0.4, 0.5) is 0 Å². The zero-order valence-electron chi connectivity index (χ0n) is 15.7. The van der Waals surface area contributed by atoms with Crippen LogP contribution in [0.2, 0.25) is 0 Å². The van der Waals surface area contributed by atoms with E-state index in [0.29, 0.717) is 0 Å². The quantitative estimate of drug-likeness (QED) is 0.276. The van der Waals surface area contributed by atoms with E-state index in [0.717, 1.165) is 0 Å². The number of hydrogen-bond donors (Lipinski definition) is 0. The Balaban J connectivity index is 0.000000777. The summed E-state index contributed by atoms with van der Waals surface area (Å²) in [5, 5.41) is 0. The highest BCUT2D eigenvalue weighted by atomic mass is 14.5. The van der Waals surface area contributed by atoms with Gasteiger partial charge in [0.25, 0.3) is 0 Å². The van der Waals surface area contributed by atoms with Crippen molar-refractivity contribution in [2.75, 3.05) is 0 Å². The summed E-state index contributed by atoms with van der Waals surface area (Å²) in [7, 11) is 0. The average Bonchev–Trinajstić information content (AvgIpc) is 3.23. The van der Waals surface area contributed by atoms with Crippen LogP contribution in [0.15, 0.2) is 97.1 Å². The molecule has 0 heteroatoms. The maximum absolute atomic E-state index is 2.31. The molecule has 1 spiro atoms. The van der Waals surface area contributed by atoms with Crippen molar-refractivity contribution in [1.29, 1.82) is 0 Å². The molecular formula is C27H22. The molecule has 0 heterocycles. The molecule has 0 nitrogen and oxygen atoms in total. The van der Waals surface area contributed by atoms with Gasteiger partial charge in [-0.3, -0.25) is 0 Å². The van der Waals surface area contributed by atoms with Gasteiger partial charge in [-0.2, -0.15) is 0 Å². The third kappa shape index (κ3) is 1.88. The summed E-state index contributed by atoms with van der Waals surface area (Å²) in [6.45, 7) is 4.00. The first-order valence-electron chi connectivity index (χ1n) is 9.81. The van der Waals surface area contributed by atoms with Crippen LogP contribution in [-0.4, -0.2) is 0 Å². The normalized spacial score (nSPS) is 13.9. The van der Waals surface area contributed by atoms with Crippen molar-refractivity contribution in [2.24, 2.45) is 0 Å². The summed E-state index contributed by atoms with van der Waals surface area (Å²) in [6.07, 6.45) is 0. The molecule has 0 N–H and O–H groups in total. The van der Waals surface area contributed by atoms with Gasteiger partial charge < -0.3 is 0 Å². The standard InChI is InChI=1S/C25H16.C2H6/c1-5-13-21-17(9-1)18-10-2-6-14-22(18)25(21)23-15-7-3-11-19(23)20-12-4-8-16-24(20)25;1-2/h1-16H;1-2H3. The fourth-order valence-electron chi connectivity index (χ4n) is 5.05. The Morgan fingerprint density at radius 3 is 0.852 bits per heavy atom. The SMILES string of the molecule is CC.c1ccc2c(c1)-c1ccccc1C21c2ccccc2-c2ccccc21. The first-order chi connectivity index (χ1) is 13.4. The van der Waals surface area contributed by atoms with Crippen molar-refractivity contribution in [3.05, 3.63) is 119 Å². The van der Waals surface area contributed by atoms with Crippen molar-refractivity contribution >= 4 is 0 Å². The molecule has 0 bridgehead atoms. The van der Waals surface area contributed by atoms with Crippen LogP contribution in [0, 0.1) is 0 Å². The van der Waals surface area contributed by atoms with E-state index in [9.17, 15) is 0 Å². The summed E-state index contributed by atoms with van der Waals surface area (Å²) in [5.41, 5.74) is 10.9. The van der Waals surface area contributed by atoms with Crippen LogP contribution in [0.1, 0.15) is 36.1 Å². The van der Waals surface area contributed by atoms with Crippen molar-refractivity contribution in [1.82, 2.24) is 0 Å². The summed E-state index contributed by atoms with van der Waals surface area (Å²) >= 11 is 0. The Morgan fingerprint density at radius 2 is 0.593 bits per heavy atom. The molecule has 4 aromatic carbocycles. The zero-order chi connectivity index (χ0) is 18.4. The van der Waals surface area contributed by atoms with Crippen LogP contribution < -0.4 is 0 Å². The Bertz CT molecular complexity index is 962. The second-order valence-electron chi connectivity index (χ2n) is 6.93. The van der Waals surface area contributed by atoms with Gasteiger partial charge in [-0.15, -0.1) is 0 Å². The first kappa shape index (κ1) is 16.1. The van der Waals surface area contributed by atoms with E-state index in [-0.39, 0.29) is 5.41 Å². The molecule has 0 aliphatic heterocycles. The third-order valence-corrected chi connectivity index (χ3v) is 5.90. The lowest BCUT2D eigenvalue weighted by atomic mass is 9.70. The predicted octanol–water partition coefficient (Wildman–Crippen LogP) is 7.06. The largest absolute Gasteiger partial charge is 0.0725 e. The highest BCUT2D eigenvalue weighted by Crippen LogP contribution is 2.62. The molecule has 130 valence electrons. The lowest BCUT2D eigenvalue weighted by molar-refractivity contribution is 0.794. The molecule has 0 unspecified atom stereocenters. The van der Waals surface area contributed by atoms with E-state index in [4.69, 9.17) is 0 Å². The maximum Gasteiger partial charge on any atom is 0.0725 e. The fourth-order valence-corrected chi connectivity index (χ4v) is 5.05. The molecule has 0 saturated heterocycles. The van der Waals surface area contributed by atoms with Crippen LogP contribution in [0.25, 0.3) is 22.3 Å². The van der Waals surface area contributed by atoms with E-state index in [1.807, 2.05) is 13.8 Å². The van der Waals surface area contributed by atoms with Crippen LogP contribution in [0.5, 0.6) is 0 Å². The molecule has 0 aromatic heterocycles. The second kappa shape index (κ2) is 5.96. The molecular weight excluding hydrogens is 324 g/mol. The van der Waals surface area contributed by atoms with E-state index >= 15 is 0 Å². The number of fused-ring (bicyclic) bond motifs is 10. The van der Waals surface area contributed by atoms with Crippen LogP contribution in [-0.2, 0) is 5.41 Å². The Morgan fingerprint density at radius 1 is 0.370 bits per heavy atom. The highest BCUT2D eigenvalue weighted by Gasteiger charge is 2.51. The predicted molar refractivity (Wildman–Crippen MR) is 114 cm³/mol. The molecule has 0 atom stereocenters. The lowest BCUT2D eigenvalue weighted by Gasteiger charge is -2.30. The molecule has 6 rings (SSSR count). The van der Waals surface area contributed by atoms with Gasteiger partial charge in [0, 0.05) is 0 Å². The maximum atomic E-state index is 2.31. The monoisotopic (exact) mass is 346 g/mol. The second-order valence-corrected chi connectivity index (χ2v) is 6.93.